The molecule has 1 aromatic rings. The smallest absolute Gasteiger partial charge is 0.260 e. The second kappa shape index (κ2) is 7.11. The second-order valence-electron chi connectivity index (χ2n) is 5.66. The highest BCUT2D eigenvalue weighted by molar-refractivity contribution is 5.78. The lowest BCUT2D eigenvalue weighted by Crippen LogP contribution is -2.41. The van der Waals surface area contributed by atoms with Gasteiger partial charge in [0.2, 0.25) is 0 Å². The summed E-state index contributed by atoms with van der Waals surface area (Å²) in [6.07, 6.45) is 0.854. The van der Waals surface area contributed by atoms with Crippen molar-refractivity contribution in [3.8, 4) is 5.75 Å². The van der Waals surface area contributed by atoms with Crippen LogP contribution in [0, 0.1) is 13.8 Å². The highest BCUT2D eigenvalue weighted by Crippen LogP contribution is 2.23. The summed E-state index contributed by atoms with van der Waals surface area (Å²) in [7, 11) is 5.16. The van der Waals surface area contributed by atoms with Gasteiger partial charge in [-0.25, -0.2) is 0 Å². The maximum Gasteiger partial charge on any atom is 0.260 e. The highest BCUT2D eigenvalue weighted by Gasteiger charge is 2.35. The predicted octanol–water partition coefficient (Wildman–Crippen LogP) is 0.678. The number of aromatic nitrogens is 2. The van der Waals surface area contributed by atoms with Crippen LogP contribution in [-0.2, 0) is 21.3 Å². The average Bonchev–Trinajstić information content (AvgIpc) is 3.00. The Hall–Kier alpha value is -1.60. The molecular formula is C15H25N3O4. The molecule has 0 spiro atoms. The van der Waals surface area contributed by atoms with E-state index < -0.39 is 0 Å². The van der Waals surface area contributed by atoms with Gasteiger partial charge in [0.1, 0.15) is 5.69 Å². The van der Waals surface area contributed by atoms with Crippen molar-refractivity contribution in [2.75, 3.05) is 34.0 Å². The molecule has 7 nitrogen and oxygen atoms in total. The first-order chi connectivity index (χ1) is 10.5. The Morgan fingerprint density at radius 2 is 2.09 bits per heavy atom. The van der Waals surface area contributed by atoms with E-state index in [1.54, 1.807) is 23.8 Å². The van der Waals surface area contributed by atoms with Gasteiger partial charge < -0.3 is 19.1 Å². The molecule has 1 amide bonds. The van der Waals surface area contributed by atoms with Crippen molar-refractivity contribution in [2.24, 2.45) is 7.05 Å². The maximum absolute atomic E-state index is 12.5. The van der Waals surface area contributed by atoms with Crippen molar-refractivity contribution in [2.45, 2.75) is 32.4 Å². The van der Waals surface area contributed by atoms with E-state index in [1.165, 1.54) is 0 Å². The first-order valence-electron chi connectivity index (χ1n) is 7.42. The van der Waals surface area contributed by atoms with E-state index in [-0.39, 0.29) is 24.7 Å². The second-order valence-corrected chi connectivity index (χ2v) is 5.66. The molecule has 1 aliphatic rings. The summed E-state index contributed by atoms with van der Waals surface area (Å²) in [5.74, 6) is 0.630. The highest BCUT2D eigenvalue weighted by atomic mass is 16.5. The summed E-state index contributed by atoms with van der Waals surface area (Å²) in [6, 6.07) is 0.0437. The summed E-state index contributed by atoms with van der Waals surface area (Å²) in [5.41, 5.74) is 1.70. The number of methoxy groups -OCH3 is 2. The molecule has 2 atom stereocenters. The first kappa shape index (κ1) is 16.8. The topological polar surface area (TPSA) is 65.8 Å². The lowest BCUT2D eigenvalue weighted by atomic mass is 10.2. The molecule has 0 radical (unpaired) electrons. The molecule has 0 bridgehead atoms. The summed E-state index contributed by atoms with van der Waals surface area (Å²) in [5, 5.41) is 4.28. The molecule has 2 rings (SSSR count). The molecule has 22 heavy (non-hydrogen) atoms. The van der Waals surface area contributed by atoms with E-state index in [0.717, 1.165) is 17.8 Å². The Morgan fingerprint density at radius 3 is 2.64 bits per heavy atom. The number of amides is 1. The van der Waals surface area contributed by atoms with Gasteiger partial charge in [0.15, 0.2) is 12.4 Å². The molecule has 1 aliphatic heterocycles. The molecule has 0 unspecified atom stereocenters. The van der Waals surface area contributed by atoms with Crippen molar-refractivity contribution < 1.29 is 19.0 Å². The third-order valence-corrected chi connectivity index (χ3v) is 4.17. The number of carbonyl (C=O) groups is 1. The minimum atomic E-state index is -0.0516. The van der Waals surface area contributed by atoms with Gasteiger partial charge in [-0.3, -0.25) is 9.48 Å². The van der Waals surface area contributed by atoms with Crippen LogP contribution < -0.4 is 4.74 Å². The van der Waals surface area contributed by atoms with Crippen molar-refractivity contribution in [1.82, 2.24) is 14.7 Å². The molecule has 0 N–H and O–H groups in total. The summed E-state index contributed by atoms with van der Waals surface area (Å²) < 4.78 is 18.0. The molecule has 1 saturated heterocycles. The summed E-state index contributed by atoms with van der Waals surface area (Å²) in [6.45, 7) is 4.89. The number of carbonyl (C=O) groups excluding carboxylic acids is 1. The standard InChI is InChI=1S/C15H25N3O4/c1-10-15(11(2)17(3)16-10)22-9-14(19)18-7-13(21-5)6-12(18)8-20-4/h12-13H,6-9H2,1-5H3/t12-,13-/m0/s1. The number of hydrogen-bond donors (Lipinski definition) is 0. The van der Waals surface area contributed by atoms with E-state index in [2.05, 4.69) is 5.10 Å². The molecule has 0 saturated carbocycles. The van der Waals surface area contributed by atoms with Gasteiger partial charge in [0.25, 0.3) is 5.91 Å². The molecule has 0 aromatic carbocycles. The zero-order valence-electron chi connectivity index (χ0n) is 14.0. The number of ether oxygens (including phenoxy) is 3. The van der Waals surface area contributed by atoms with Crippen LogP contribution in [0.1, 0.15) is 17.8 Å². The van der Waals surface area contributed by atoms with Crippen LogP contribution in [0.25, 0.3) is 0 Å². The van der Waals surface area contributed by atoms with Crippen molar-refractivity contribution in [3.63, 3.8) is 0 Å². The van der Waals surface area contributed by atoms with E-state index >= 15 is 0 Å². The van der Waals surface area contributed by atoms with Crippen molar-refractivity contribution in [3.05, 3.63) is 11.4 Å². The van der Waals surface area contributed by atoms with E-state index in [4.69, 9.17) is 14.2 Å². The van der Waals surface area contributed by atoms with Crippen LogP contribution >= 0.6 is 0 Å². The minimum Gasteiger partial charge on any atom is -0.480 e. The van der Waals surface area contributed by atoms with Gasteiger partial charge in [0, 0.05) is 27.8 Å². The van der Waals surface area contributed by atoms with Gasteiger partial charge in [-0.15, -0.1) is 0 Å². The largest absolute Gasteiger partial charge is 0.480 e. The van der Waals surface area contributed by atoms with E-state index in [9.17, 15) is 4.79 Å². The SMILES string of the molecule is COC[C@@H]1C[C@H](OC)CN1C(=O)COc1c(C)nn(C)c1C. The van der Waals surface area contributed by atoms with Crippen molar-refractivity contribution >= 4 is 5.91 Å². The lowest BCUT2D eigenvalue weighted by Gasteiger charge is -2.23. The molecule has 2 heterocycles. The van der Waals surface area contributed by atoms with Gasteiger partial charge >= 0.3 is 0 Å². The van der Waals surface area contributed by atoms with Crippen LogP contribution in [0.2, 0.25) is 0 Å². The zero-order chi connectivity index (χ0) is 16.3. The molecule has 1 fully saturated rings. The Bertz CT molecular complexity index is 529. The average molecular weight is 311 g/mol. The number of nitrogens with zero attached hydrogens (tertiary/aromatic N) is 3. The Morgan fingerprint density at radius 1 is 1.36 bits per heavy atom. The zero-order valence-corrected chi connectivity index (χ0v) is 14.0. The third-order valence-electron chi connectivity index (χ3n) is 4.17. The van der Waals surface area contributed by atoms with Gasteiger partial charge in [-0.05, 0) is 20.3 Å². The third kappa shape index (κ3) is 3.41. The van der Waals surface area contributed by atoms with E-state index in [1.807, 2.05) is 20.9 Å². The monoisotopic (exact) mass is 311 g/mol. The van der Waals surface area contributed by atoms with Gasteiger partial charge in [0.05, 0.1) is 24.4 Å². The number of rotatable bonds is 6. The quantitative estimate of drug-likeness (QED) is 0.773. The predicted molar refractivity (Wildman–Crippen MR) is 81.0 cm³/mol. The molecule has 7 heteroatoms. The summed E-state index contributed by atoms with van der Waals surface area (Å²) >= 11 is 0. The lowest BCUT2D eigenvalue weighted by molar-refractivity contribution is -0.135. The number of likely N-dealkylation sites (tertiary alicyclic amines) is 1. The minimum absolute atomic E-state index is 0.00399. The van der Waals surface area contributed by atoms with E-state index in [0.29, 0.717) is 18.9 Å². The fourth-order valence-corrected chi connectivity index (χ4v) is 2.88. The Kier molecular flexibility index (Phi) is 5.42. The molecule has 1 aromatic heterocycles. The van der Waals surface area contributed by atoms with Gasteiger partial charge in [-0.1, -0.05) is 0 Å². The fourth-order valence-electron chi connectivity index (χ4n) is 2.88. The summed E-state index contributed by atoms with van der Waals surface area (Å²) in [4.78, 5) is 14.2. The maximum atomic E-state index is 12.5. The molecule has 124 valence electrons. The first-order valence-corrected chi connectivity index (χ1v) is 7.42. The van der Waals surface area contributed by atoms with Gasteiger partial charge in [-0.2, -0.15) is 5.10 Å². The fraction of sp³-hybridized carbons (Fsp3) is 0.733. The number of aryl methyl sites for hydroxylation is 2. The normalized spacial score (nSPS) is 21.4. The Balaban J connectivity index is 1.98. The number of hydrogen-bond acceptors (Lipinski definition) is 5. The molecule has 0 aliphatic carbocycles. The van der Waals surface area contributed by atoms with Crippen LogP contribution in [-0.4, -0.2) is 66.7 Å². The molecular weight excluding hydrogens is 286 g/mol. The van der Waals surface area contributed by atoms with Crippen LogP contribution in [0.5, 0.6) is 5.75 Å². The van der Waals surface area contributed by atoms with Crippen LogP contribution in [0.4, 0.5) is 0 Å². The van der Waals surface area contributed by atoms with Crippen molar-refractivity contribution in [1.29, 1.82) is 0 Å². The Labute approximate surface area is 131 Å². The van der Waals surface area contributed by atoms with Crippen LogP contribution in [0.15, 0.2) is 0 Å². The van der Waals surface area contributed by atoms with Crippen LogP contribution in [0.3, 0.4) is 0 Å².